The topological polar surface area (TPSA) is 6.48 Å². The molecule has 91 heavy (non-hydrogen) atoms. The quantitative estimate of drug-likeness (QED) is 0.133. The molecule has 0 unspecified atom stereocenters. The number of fused-ring (bicyclic) bond motifs is 4. The molecule has 0 N–H and O–H groups in total. The van der Waals surface area contributed by atoms with Crippen LogP contribution in [0.15, 0.2) is 243 Å². The van der Waals surface area contributed by atoms with Gasteiger partial charge < -0.3 is 9.80 Å². The third-order valence-electron chi connectivity index (χ3n) is 20.1. The fourth-order valence-electron chi connectivity index (χ4n) is 14.8. The van der Waals surface area contributed by atoms with Crippen molar-refractivity contribution in [2.24, 2.45) is 0 Å². The average molecular weight is 1180 g/mol. The Morgan fingerprint density at radius 2 is 0.593 bits per heavy atom. The van der Waals surface area contributed by atoms with Crippen LogP contribution in [0, 0.1) is 0 Å². The van der Waals surface area contributed by atoms with Gasteiger partial charge in [-0.25, -0.2) is 0 Å². The summed E-state index contributed by atoms with van der Waals surface area (Å²) in [6.45, 7) is 27.9. The highest BCUT2D eigenvalue weighted by Gasteiger charge is 2.46. The van der Waals surface area contributed by atoms with Gasteiger partial charge in [-0.2, -0.15) is 0 Å². The lowest BCUT2D eigenvalue weighted by Crippen LogP contribution is -2.61. The van der Waals surface area contributed by atoms with E-state index >= 15 is 0 Å². The van der Waals surface area contributed by atoms with Gasteiger partial charge in [0.2, 0.25) is 0 Å². The molecule has 0 radical (unpaired) electrons. The largest absolute Gasteiger partial charge is 0.310 e. The van der Waals surface area contributed by atoms with Crippen LogP contribution in [-0.4, -0.2) is 6.71 Å². The molecule has 3 heteroatoms. The Kier molecular flexibility index (Phi) is 15.1. The summed E-state index contributed by atoms with van der Waals surface area (Å²) in [5, 5.41) is 0. The number of rotatable bonds is 9. The van der Waals surface area contributed by atoms with Gasteiger partial charge in [0.1, 0.15) is 0 Å². The molecule has 1 fully saturated rings. The molecule has 2 aliphatic heterocycles. The molecule has 452 valence electrons. The number of hydrogen-bond acceptors (Lipinski definition) is 2. The second-order valence-corrected chi connectivity index (χ2v) is 30.4. The van der Waals surface area contributed by atoms with Crippen LogP contribution in [0.3, 0.4) is 0 Å². The van der Waals surface area contributed by atoms with Crippen molar-refractivity contribution in [1.29, 1.82) is 0 Å². The third kappa shape index (κ3) is 11.2. The molecule has 1 aliphatic carbocycles. The molecule has 14 rings (SSSR count). The van der Waals surface area contributed by atoms with E-state index in [2.05, 4.69) is 336 Å². The van der Waals surface area contributed by atoms with Crippen molar-refractivity contribution in [1.82, 2.24) is 0 Å². The summed E-state index contributed by atoms with van der Waals surface area (Å²) in [5.74, 6) is 0.396. The van der Waals surface area contributed by atoms with Crippen LogP contribution in [0.4, 0.5) is 34.1 Å². The molecule has 2 heterocycles. The van der Waals surface area contributed by atoms with Gasteiger partial charge in [0.25, 0.3) is 6.71 Å². The summed E-state index contributed by atoms with van der Waals surface area (Å²) in [6, 6.07) is 94.3. The third-order valence-corrected chi connectivity index (χ3v) is 20.1. The molecule has 0 atom stereocenters. The van der Waals surface area contributed by atoms with E-state index in [4.69, 9.17) is 0 Å². The molecule has 1 saturated carbocycles. The maximum atomic E-state index is 2.76. The number of anilines is 6. The van der Waals surface area contributed by atoms with Gasteiger partial charge in [0, 0.05) is 45.0 Å². The first-order valence-electron chi connectivity index (χ1n) is 33.5. The van der Waals surface area contributed by atoms with Crippen LogP contribution in [0.2, 0.25) is 0 Å². The highest BCUT2D eigenvalue weighted by molar-refractivity contribution is 7.00. The van der Waals surface area contributed by atoms with Crippen LogP contribution in [0.1, 0.15) is 149 Å². The zero-order valence-electron chi connectivity index (χ0n) is 55.7. The molecule has 0 saturated heterocycles. The summed E-state index contributed by atoms with van der Waals surface area (Å²) in [6.07, 6.45) is 6.07. The Hall–Kier alpha value is -8.92. The number of benzene rings is 11. The van der Waals surface area contributed by atoms with Crippen LogP contribution in [-0.2, 0) is 21.7 Å². The van der Waals surface area contributed by atoms with Crippen LogP contribution < -0.4 is 26.2 Å². The van der Waals surface area contributed by atoms with E-state index in [0.717, 1.165) is 0 Å². The Bertz CT molecular complexity index is 4090. The van der Waals surface area contributed by atoms with Crippen molar-refractivity contribution in [2.75, 3.05) is 9.80 Å². The molecule has 11 aromatic rings. The maximum absolute atomic E-state index is 2.76. The SMILES string of the molecule is CC(C)(C)c1ccc(-c2ccc3c(c2)B2c4cc(-c5ccc(C(C)(C)C)cc5)ccc4N(c4c(-c5ccccc5)cc(C(C)(C)C)cc4-c4ccccc4)c4cc(C5CCCCC5)cc(c42)N3c2c(-c3ccccc3)cc(C(C)(C)C)cc2-c2ccccc2)cc1. The van der Waals surface area contributed by atoms with E-state index < -0.39 is 0 Å². The van der Waals surface area contributed by atoms with Gasteiger partial charge in [-0.3, -0.25) is 0 Å². The Balaban J connectivity index is 1.17. The lowest BCUT2D eigenvalue weighted by Gasteiger charge is -2.46. The van der Waals surface area contributed by atoms with Crippen LogP contribution >= 0.6 is 0 Å². The summed E-state index contributed by atoms with van der Waals surface area (Å²) in [7, 11) is 0. The minimum Gasteiger partial charge on any atom is -0.310 e. The predicted octanol–water partition coefficient (Wildman–Crippen LogP) is 23.0. The predicted molar refractivity (Wildman–Crippen MR) is 394 cm³/mol. The minimum absolute atomic E-state index is 0.0250. The van der Waals surface area contributed by atoms with Gasteiger partial charge >= 0.3 is 0 Å². The van der Waals surface area contributed by atoms with E-state index in [0.29, 0.717) is 5.92 Å². The van der Waals surface area contributed by atoms with E-state index in [1.807, 2.05) is 0 Å². The monoisotopic (exact) mass is 1180 g/mol. The van der Waals surface area contributed by atoms with Gasteiger partial charge in [-0.15, -0.1) is 0 Å². The normalized spacial score (nSPS) is 14.3. The second kappa shape index (κ2) is 23.1. The molecule has 2 nitrogen and oxygen atoms in total. The first-order valence-corrected chi connectivity index (χ1v) is 33.5. The Morgan fingerprint density at radius 1 is 0.286 bits per heavy atom. The van der Waals surface area contributed by atoms with E-state index in [1.54, 1.807) is 0 Å². The highest BCUT2D eigenvalue weighted by atomic mass is 15.2. The maximum Gasteiger partial charge on any atom is 0.252 e. The van der Waals surface area contributed by atoms with Crippen molar-refractivity contribution < 1.29 is 0 Å². The zero-order valence-corrected chi connectivity index (χ0v) is 55.7. The first kappa shape index (κ1) is 59.7. The summed E-state index contributed by atoms with van der Waals surface area (Å²) in [5.41, 5.74) is 32.2. The summed E-state index contributed by atoms with van der Waals surface area (Å²) >= 11 is 0. The standard InChI is InChI=1S/C88H87BN2/c1-85(2,3)68-44-38-59(39-45-68)65-42-48-78-76(50-65)89-77-51-66(60-40-46-69(47-41-60)86(4,5)6)43-49-79(77)91(84-74(63-34-24-16-25-35-63)56-71(88(10,11)12)57-75(84)64-36-26-17-27-37-64)81-53-67(58-28-18-13-19-29-58)52-80(82(81)89)90(78)83-72(61-30-20-14-21-31-61)54-70(87(7,8)9)55-73(83)62-32-22-15-23-33-62/h14-17,20-27,30-58H,13,18-19,28-29H2,1-12H3. The molecule has 0 amide bonds. The smallest absolute Gasteiger partial charge is 0.252 e. The summed E-state index contributed by atoms with van der Waals surface area (Å²) < 4.78 is 0. The van der Waals surface area contributed by atoms with Crippen LogP contribution in [0.25, 0.3) is 66.8 Å². The van der Waals surface area contributed by atoms with Crippen molar-refractivity contribution in [3.63, 3.8) is 0 Å². The van der Waals surface area contributed by atoms with Gasteiger partial charge in [0.15, 0.2) is 0 Å². The molecular weight excluding hydrogens is 1100 g/mol. The van der Waals surface area contributed by atoms with Crippen molar-refractivity contribution in [3.8, 4) is 66.8 Å². The molecule has 0 spiro atoms. The van der Waals surface area contributed by atoms with E-state index in [1.165, 1.54) is 177 Å². The van der Waals surface area contributed by atoms with Crippen molar-refractivity contribution >= 4 is 57.2 Å². The van der Waals surface area contributed by atoms with E-state index in [9.17, 15) is 0 Å². The fraction of sp³-hybridized carbons (Fsp3) is 0.250. The number of hydrogen-bond donors (Lipinski definition) is 0. The average Bonchev–Trinajstić information content (AvgIpc) is 0.698. The molecule has 0 bridgehead atoms. The molecule has 3 aliphatic rings. The second-order valence-electron chi connectivity index (χ2n) is 30.4. The Morgan fingerprint density at radius 3 is 0.901 bits per heavy atom. The van der Waals surface area contributed by atoms with Crippen molar-refractivity contribution in [3.05, 3.63) is 270 Å². The molecule has 11 aromatic carbocycles. The van der Waals surface area contributed by atoms with Gasteiger partial charge in [-0.05, 0) is 178 Å². The summed E-state index contributed by atoms with van der Waals surface area (Å²) in [4.78, 5) is 5.52. The van der Waals surface area contributed by atoms with E-state index in [-0.39, 0.29) is 28.4 Å². The minimum atomic E-state index is -0.158. The molecular formula is C88H87BN2. The van der Waals surface area contributed by atoms with Crippen LogP contribution in [0.5, 0.6) is 0 Å². The Labute approximate surface area is 543 Å². The first-order chi connectivity index (χ1) is 43.7. The van der Waals surface area contributed by atoms with Crippen molar-refractivity contribution in [2.45, 2.75) is 143 Å². The lowest BCUT2D eigenvalue weighted by atomic mass is 9.33. The zero-order chi connectivity index (χ0) is 63.1. The lowest BCUT2D eigenvalue weighted by molar-refractivity contribution is 0.444. The van der Waals surface area contributed by atoms with Gasteiger partial charge in [-0.1, -0.05) is 296 Å². The van der Waals surface area contributed by atoms with Gasteiger partial charge in [0.05, 0.1) is 11.4 Å². The fourth-order valence-corrected chi connectivity index (χ4v) is 14.8. The highest BCUT2D eigenvalue weighted by Crippen LogP contribution is 2.55. The number of nitrogens with zero attached hydrogens (tertiary/aromatic N) is 2. The molecule has 0 aromatic heterocycles.